The maximum Gasteiger partial charge on any atom is 0.124 e. The van der Waals surface area contributed by atoms with Gasteiger partial charge in [-0.05, 0) is 28.7 Å². The van der Waals surface area contributed by atoms with Crippen LogP contribution >= 0.6 is 15.9 Å². The average molecular weight is 248 g/mol. The summed E-state index contributed by atoms with van der Waals surface area (Å²) in [5.41, 5.74) is -0.0461. The second-order valence-electron chi connectivity index (χ2n) is 2.45. The first-order valence-corrected chi connectivity index (χ1v) is 4.56. The summed E-state index contributed by atoms with van der Waals surface area (Å²) in [7, 11) is 0. The minimum absolute atomic E-state index is 0.0461. The summed E-state index contributed by atoms with van der Waals surface area (Å²) in [5.74, 6) is -2.16. The summed E-state index contributed by atoms with van der Waals surface area (Å²) in [5, 5.41) is 0. The highest BCUT2D eigenvalue weighted by Crippen LogP contribution is 2.25. The molecule has 0 saturated carbocycles. The molecule has 0 aliphatic carbocycles. The summed E-state index contributed by atoms with van der Waals surface area (Å²) in [6, 6.07) is 0. The zero-order valence-corrected chi connectivity index (χ0v) is 8.34. The van der Waals surface area contributed by atoms with E-state index in [0.29, 0.717) is 4.60 Å². The van der Waals surface area contributed by atoms with Gasteiger partial charge >= 0.3 is 0 Å². The van der Waals surface area contributed by atoms with Gasteiger partial charge < -0.3 is 4.74 Å². The van der Waals surface area contributed by atoms with Crippen molar-refractivity contribution in [3.8, 4) is 0 Å². The average Bonchev–Trinajstić information content (AvgIpc) is 2.25. The van der Waals surface area contributed by atoms with E-state index in [4.69, 9.17) is 11.6 Å². The van der Waals surface area contributed by atoms with Gasteiger partial charge in [-0.2, -0.15) is 0 Å². The number of hydrogen-bond donors (Lipinski definition) is 0. The molecular weight excluding hydrogens is 232 g/mol. The molecule has 1 aromatic heterocycles. The zero-order valence-electron chi connectivity index (χ0n) is 11.7. The molecule has 1 saturated heterocycles. The van der Waals surface area contributed by atoms with Crippen molar-refractivity contribution in [2.45, 2.75) is 18.6 Å². The van der Waals surface area contributed by atoms with E-state index in [9.17, 15) is 0 Å². The molecule has 1 fully saturated rings. The molecule has 0 spiro atoms. The Bertz CT molecular complexity index is 454. The van der Waals surface area contributed by atoms with Crippen LogP contribution in [0.4, 0.5) is 0 Å². The molecule has 13 heavy (non-hydrogen) atoms. The van der Waals surface area contributed by atoms with Gasteiger partial charge in [0.15, 0.2) is 0 Å². The van der Waals surface area contributed by atoms with Crippen LogP contribution in [-0.4, -0.2) is 23.2 Å². The second kappa shape index (κ2) is 4.15. The fourth-order valence-corrected chi connectivity index (χ4v) is 1.31. The number of halogens is 1. The predicted molar refractivity (Wildman–Crippen MR) is 52.5 cm³/mol. The molecule has 3 nitrogen and oxygen atoms in total. The number of rotatable bonds is 1. The van der Waals surface area contributed by atoms with E-state index in [1.165, 1.54) is 12.4 Å². The van der Waals surface area contributed by atoms with E-state index in [1.807, 2.05) is 0 Å². The Hall–Kier alpha value is -0.480. The van der Waals surface area contributed by atoms with Crippen molar-refractivity contribution in [2.75, 3.05) is 13.2 Å². The van der Waals surface area contributed by atoms with E-state index in [-0.39, 0.29) is 18.9 Å². The van der Waals surface area contributed by atoms with Gasteiger partial charge in [-0.15, -0.1) is 0 Å². The van der Waals surface area contributed by atoms with Crippen molar-refractivity contribution in [3.05, 3.63) is 22.7 Å². The lowest BCUT2D eigenvalue weighted by Gasteiger charge is -2.20. The van der Waals surface area contributed by atoms with Gasteiger partial charge in [0, 0.05) is 32.2 Å². The highest BCUT2D eigenvalue weighted by molar-refractivity contribution is 9.10. The van der Waals surface area contributed by atoms with Crippen LogP contribution in [0.3, 0.4) is 0 Å². The summed E-state index contributed by atoms with van der Waals surface area (Å²) in [6.07, 6.45) is -1.76. The van der Waals surface area contributed by atoms with Gasteiger partial charge in [0.05, 0.1) is 11.9 Å². The molecule has 1 aliphatic rings. The van der Waals surface area contributed by atoms with E-state index in [0.717, 1.165) is 0 Å². The van der Waals surface area contributed by atoms with Gasteiger partial charge in [-0.3, -0.25) is 4.98 Å². The third-order valence-electron chi connectivity index (χ3n) is 1.56. The summed E-state index contributed by atoms with van der Waals surface area (Å²) in [4.78, 5) is 7.82. The first-order chi connectivity index (χ1) is 8.21. The molecule has 0 radical (unpaired) electrons. The third-order valence-corrected chi connectivity index (χ3v) is 1.95. The predicted octanol–water partition coefficient (Wildman–Crippen LogP) is 2.13. The quantitative estimate of drug-likeness (QED) is 0.763. The topological polar surface area (TPSA) is 35.0 Å². The van der Waals surface area contributed by atoms with E-state index in [1.54, 1.807) is 0 Å². The van der Waals surface area contributed by atoms with Crippen LogP contribution in [0.2, 0.25) is 0 Å². The molecule has 1 aliphatic heterocycles. The Labute approximate surface area is 92.7 Å². The molecule has 0 amide bonds. The Morgan fingerprint density at radius 3 is 3.00 bits per heavy atom. The van der Waals surface area contributed by atoms with Crippen LogP contribution < -0.4 is 0 Å². The van der Waals surface area contributed by atoms with Crippen molar-refractivity contribution in [3.63, 3.8) is 0 Å². The number of aromatic nitrogens is 2. The van der Waals surface area contributed by atoms with Crippen LogP contribution in [0.5, 0.6) is 0 Å². The number of ether oxygens (including phenoxy) is 1. The molecule has 2 rings (SSSR count). The lowest BCUT2D eigenvalue weighted by atomic mass is 9.97. The van der Waals surface area contributed by atoms with Crippen molar-refractivity contribution in [1.82, 2.24) is 9.97 Å². The normalized spacial score (nSPS) is 34.7. The minimum atomic E-state index is -2.19. The molecule has 0 unspecified atom stereocenters. The fourth-order valence-electron chi connectivity index (χ4n) is 1.00. The van der Waals surface area contributed by atoms with Gasteiger partial charge in [0.25, 0.3) is 0 Å². The lowest BCUT2D eigenvalue weighted by Crippen LogP contribution is -2.15. The maximum atomic E-state index is 8.31. The monoisotopic (exact) mass is 247 g/mol. The van der Waals surface area contributed by atoms with Crippen LogP contribution in [-0.2, 0) is 4.74 Å². The Kier molecular flexibility index (Phi) is 1.55. The molecule has 4 heteroatoms. The molecule has 0 bridgehead atoms. The lowest BCUT2D eigenvalue weighted by molar-refractivity contribution is 0.0844. The maximum absolute atomic E-state index is 8.31. The molecular formula is C9H11BrN2O. The molecule has 0 N–H and O–H groups in total. The van der Waals surface area contributed by atoms with Crippen molar-refractivity contribution in [1.29, 1.82) is 0 Å². The molecule has 0 atom stereocenters. The first-order valence-electron chi connectivity index (χ1n) is 6.26. The Morgan fingerprint density at radius 2 is 2.31 bits per heavy atom. The third kappa shape index (κ3) is 2.25. The van der Waals surface area contributed by atoms with E-state index < -0.39 is 18.6 Å². The second-order valence-corrected chi connectivity index (χ2v) is 3.26. The standard InChI is InChI=1S/C9H11BrN2O/c10-9-6-11-5-8(12-9)7-1-3-13-4-2-7/h5-7H,1-4H2/i1D2,2D2,7D. The summed E-state index contributed by atoms with van der Waals surface area (Å²) < 4.78 is 45.1. The minimum Gasteiger partial charge on any atom is -0.381 e. The molecule has 2 heterocycles. The number of nitrogens with zero attached hydrogens (tertiary/aromatic N) is 2. The van der Waals surface area contributed by atoms with Crippen molar-refractivity contribution in [2.24, 2.45) is 0 Å². The summed E-state index contributed by atoms with van der Waals surface area (Å²) >= 11 is 3.09. The SMILES string of the molecule is [2H]C1([2H])COCC([2H])([2H])C1([2H])c1cncc(Br)n1. The highest BCUT2D eigenvalue weighted by Gasteiger charge is 2.17. The Morgan fingerprint density at radius 1 is 1.54 bits per heavy atom. The van der Waals surface area contributed by atoms with Crippen molar-refractivity contribution >= 4 is 15.9 Å². The fraction of sp³-hybridized carbons (Fsp3) is 0.556. The van der Waals surface area contributed by atoms with Crippen LogP contribution in [0.1, 0.15) is 31.2 Å². The smallest absolute Gasteiger partial charge is 0.124 e. The van der Waals surface area contributed by atoms with E-state index in [2.05, 4.69) is 25.9 Å². The van der Waals surface area contributed by atoms with Crippen LogP contribution in [0.25, 0.3) is 0 Å². The molecule has 0 aromatic carbocycles. The van der Waals surface area contributed by atoms with Crippen LogP contribution in [0.15, 0.2) is 17.0 Å². The van der Waals surface area contributed by atoms with Gasteiger partial charge in [-0.1, -0.05) is 0 Å². The van der Waals surface area contributed by atoms with Gasteiger partial charge in [0.1, 0.15) is 4.60 Å². The highest BCUT2D eigenvalue weighted by atomic mass is 79.9. The zero-order chi connectivity index (χ0) is 13.6. The number of hydrogen-bond acceptors (Lipinski definition) is 3. The first kappa shape index (κ1) is 4.84. The van der Waals surface area contributed by atoms with Gasteiger partial charge in [-0.25, -0.2) is 4.98 Å². The van der Waals surface area contributed by atoms with E-state index >= 15 is 0 Å². The summed E-state index contributed by atoms with van der Waals surface area (Å²) in [6.45, 7) is -0.686. The van der Waals surface area contributed by atoms with Crippen LogP contribution in [0, 0.1) is 0 Å². The molecule has 1 aromatic rings. The molecule has 70 valence electrons. The van der Waals surface area contributed by atoms with Gasteiger partial charge in [0.2, 0.25) is 0 Å². The Balaban J connectivity index is 2.60. The van der Waals surface area contributed by atoms with Crippen molar-refractivity contribution < 1.29 is 11.6 Å². The largest absolute Gasteiger partial charge is 0.381 e.